The molecular weight excluding hydrogens is 178 g/mol. The Morgan fingerprint density at radius 2 is 2.21 bits per heavy atom. The van der Waals surface area contributed by atoms with Gasteiger partial charge in [-0.25, -0.2) is 0 Å². The van der Waals surface area contributed by atoms with Gasteiger partial charge in [-0.05, 0) is 25.2 Å². The van der Waals surface area contributed by atoms with E-state index in [4.69, 9.17) is 9.84 Å². The molecule has 1 aliphatic rings. The van der Waals surface area contributed by atoms with Crippen molar-refractivity contribution in [2.75, 3.05) is 19.8 Å². The molecule has 0 bridgehead atoms. The van der Waals surface area contributed by atoms with E-state index in [2.05, 4.69) is 19.2 Å². The Morgan fingerprint density at radius 3 is 2.64 bits per heavy atom. The maximum Gasteiger partial charge on any atom is 0.0584 e. The van der Waals surface area contributed by atoms with Gasteiger partial charge in [-0.2, -0.15) is 0 Å². The van der Waals surface area contributed by atoms with Crippen molar-refractivity contribution in [1.29, 1.82) is 0 Å². The molecule has 3 heteroatoms. The van der Waals surface area contributed by atoms with Crippen molar-refractivity contribution >= 4 is 0 Å². The molecule has 0 aromatic carbocycles. The predicted octanol–water partition coefficient (Wildman–Crippen LogP) is 1.16. The molecule has 0 aromatic heterocycles. The van der Waals surface area contributed by atoms with Crippen molar-refractivity contribution in [2.24, 2.45) is 5.92 Å². The summed E-state index contributed by atoms with van der Waals surface area (Å²) < 4.78 is 5.39. The lowest BCUT2D eigenvalue weighted by atomic mass is 9.96. The first-order valence-corrected chi connectivity index (χ1v) is 5.76. The molecule has 2 N–H and O–H groups in total. The van der Waals surface area contributed by atoms with Crippen LogP contribution in [0, 0.1) is 5.92 Å². The van der Waals surface area contributed by atoms with E-state index in [0.29, 0.717) is 12.0 Å². The highest BCUT2D eigenvalue weighted by molar-refractivity contribution is 4.81. The Labute approximate surface area is 86.8 Å². The largest absolute Gasteiger partial charge is 0.395 e. The first-order chi connectivity index (χ1) is 6.81. The van der Waals surface area contributed by atoms with Crippen LogP contribution in [-0.2, 0) is 4.74 Å². The van der Waals surface area contributed by atoms with Crippen molar-refractivity contribution in [3.05, 3.63) is 0 Å². The van der Waals surface area contributed by atoms with Gasteiger partial charge in [0, 0.05) is 18.7 Å². The Kier molecular flexibility index (Phi) is 5.45. The Balaban J connectivity index is 2.36. The number of ether oxygens (including phenoxy) is 1. The first kappa shape index (κ1) is 12.0. The maximum absolute atomic E-state index is 9.12. The van der Waals surface area contributed by atoms with Crippen LogP contribution in [0.2, 0.25) is 0 Å². The number of nitrogens with one attached hydrogen (secondary N) is 1. The lowest BCUT2D eigenvalue weighted by molar-refractivity contribution is 0.165. The van der Waals surface area contributed by atoms with Gasteiger partial charge in [0.05, 0.1) is 13.2 Å². The van der Waals surface area contributed by atoms with Gasteiger partial charge >= 0.3 is 0 Å². The minimum Gasteiger partial charge on any atom is -0.395 e. The van der Waals surface area contributed by atoms with Gasteiger partial charge in [0.1, 0.15) is 0 Å². The van der Waals surface area contributed by atoms with Gasteiger partial charge in [0.2, 0.25) is 0 Å². The van der Waals surface area contributed by atoms with Gasteiger partial charge in [0.15, 0.2) is 0 Å². The fourth-order valence-corrected chi connectivity index (χ4v) is 2.06. The molecule has 14 heavy (non-hydrogen) atoms. The summed E-state index contributed by atoms with van der Waals surface area (Å²) in [5.41, 5.74) is 0. The van der Waals surface area contributed by atoms with E-state index in [1.54, 1.807) is 0 Å². The van der Waals surface area contributed by atoms with Crippen molar-refractivity contribution in [3.63, 3.8) is 0 Å². The molecule has 0 spiro atoms. The molecule has 0 aliphatic carbocycles. The van der Waals surface area contributed by atoms with Crippen LogP contribution in [0.3, 0.4) is 0 Å². The van der Waals surface area contributed by atoms with E-state index in [1.807, 2.05) is 0 Å². The summed E-state index contributed by atoms with van der Waals surface area (Å²) in [6.07, 6.45) is 3.26. The highest BCUT2D eigenvalue weighted by Crippen LogP contribution is 2.19. The summed E-state index contributed by atoms with van der Waals surface area (Å²) in [5, 5.41) is 12.6. The minimum absolute atomic E-state index is 0.237. The van der Waals surface area contributed by atoms with Crippen molar-refractivity contribution < 1.29 is 9.84 Å². The van der Waals surface area contributed by atoms with Crippen LogP contribution in [0.15, 0.2) is 0 Å². The molecule has 3 atom stereocenters. The summed E-state index contributed by atoms with van der Waals surface area (Å²) in [7, 11) is 0. The van der Waals surface area contributed by atoms with E-state index in [1.165, 1.54) is 0 Å². The molecule has 0 amide bonds. The van der Waals surface area contributed by atoms with Crippen LogP contribution < -0.4 is 5.32 Å². The molecule has 0 radical (unpaired) electrons. The number of rotatable bonds is 6. The van der Waals surface area contributed by atoms with Crippen molar-refractivity contribution in [1.82, 2.24) is 5.32 Å². The summed E-state index contributed by atoms with van der Waals surface area (Å²) in [6.45, 7) is 6.32. The molecule has 1 rings (SSSR count). The summed E-state index contributed by atoms with van der Waals surface area (Å²) >= 11 is 0. The predicted molar refractivity (Wildman–Crippen MR) is 57.3 cm³/mol. The maximum atomic E-state index is 9.12. The number of hydrogen-bond donors (Lipinski definition) is 2. The van der Waals surface area contributed by atoms with Crippen molar-refractivity contribution in [3.8, 4) is 0 Å². The smallest absolute Gasteiger partial charge is 0.0584 e. The first-order valence-electron chi connectivity index (χ1n) is 5.76. The van der Waals surface area contributed by atoms with E-state index >= 15 is 0 Å². The third kappa shape index (κ3) is 3.23. The average molecular weight is 201 g/mol. The molecular formula is C11H23NO2. The lowest BCUT2D eigenvalue weighted by Crippen LogP contribution is -2.44. The Hall–Kier alpha value is -0.120. The number of aliphatic hydroxyl groups excluding tert-OH is 1. The topological polar surface area (TPSA) is 41.5 Å². The van der Waals surface area contributed by atoms with E-state index < -0.39 is 0 Å². The van der Waals surface area contributed by atoms with E-state index in [9.17, 15) is 0 Å². The van der Waals surface area contributed by atoms with E-state index in [0.717, 1.165) is 32.5 Å². The second-order valence-electron chi connectivity index (χ2n) is 4.09. The van der Waals surface area contributed by atoms with Gasteiger partial charge in [-0.3, -0.25) is 0 Å². The zero-order chi connectivity index (χ0) is 10.4. The van der Waals surface area contributed by atoms with Crippen LogP contribution in [0.1, 0.15) is 33.1 Å². The van der Waals surface area contributed by atoms with Crippen molar-refractivity contribution in [2.45, 2.75) is 45.2 Å². The standard InChI is InChI=1S/C11H23NO2/c1-3-10(7-13)12-11(4-2)9-5-6-14-8-9/h9-13H,3-8H2,1-2H3. The minimum atomic E-state index is 0.237. The third-order valence-corrected chi connectivity index (χ3v) is 3.14. The molecule has 1 heterocycles. The van der Waals surface area contributed by atoms with E-state index in [-0.39, 0.29) is 12.6 Å². The van der Waals surface area contributed by atoms with Crippen LogP contribution in [0.5, 0.6) is 0 Å². The second-order valence-corrected chi connectivity index (χ2v) is 4.09. The van der Waals surface area contributed by atoms with Crippen LogP contribution in [-0.4, -0.2) is 37.0 Å². The fourth-order valence-electron chi connectivity index (χ4n) is 2.06. The highest BCUT2D eigenvalue weighted by atomic mass is 16.5. The SMILES string of the molecule is CCC(CO)NC(CC)C1CCOC1. The molecule has 84 valence electrons. The fraction of sp³-hybridized carbons (Fsp3) is 1.00. The van der Waals surface area contributed by atoms with Gasteiger partial charge in [-0.15, -0.1) is 0 Å². The Bertz CT molecular complexity index is 142. The zero-order valence-corrected chi connectivity index (χ0v) is 9.33. The Morgan fingerprint density at radius 1 is 1.43 bits per heavy atom. The van der Waals surface area contributed by atoms with Crippen LogP contribution >= 0.6 is 0 Å². The molecule has 3 nitrogen and oxygen atoms in total. The normalized spacial score (nSPS) is 26.4. The average Bonchev–Trinajstić information content (AvgIpc) is 2.73. The van der Waals surface area contributed by atoms with Gasteiger partial charge < -0.3 is 15.2 Å². The second kappa shape index (κ2) is 6.38. The van der Waals surface area contributed by atoms with Crippen LogP contribution in [0.4, 0.5) is 0 Å². The number of hydrogen-bond acceptors (Lipinski definition) is 3. The summed E-state index contributed by atoms with van der Waals surface area (Å²) in [4.78, 5) is 0. The molecule has 1 saturated heterocycles. The zero-order valence-electron chi connectivity index (χ0n) is 9.33. The number of aliphatic hydroxyl groups is 1. The monoisotopic (exact) mass is 201 g/mol. The molecule has 1 fully saturated rings. The molecule has 0 saturated carbocycles. The highest BCUT2D eigenvalue weighted by Gasteiger charge is 2.25. The van der Waals surface area contributed by atoms with Crippen LogP contribution in [0.25, 0.3) is 0 Å². The van der Waals surface area contributed by atoms with Gasteiger partial charge in [0.25, 0.3) is 0 Å². The lowest BCUT2D eigenvalue weighted by Gasteiger charge is -2.26. The quantitative estimate of drug-likeness (QED) is 0.677. The third-order valence-electron chi connectivity index (χ3n) is 3.14. The summed E-state index contributed by atoms with van der Waals surface area (Å²) in [5.74, 6) is 0.639. The molecule has 3 unspecified atom stereocenters. The summed E-state index contributed by atoms with van der Waals surface area (Å²) in [6, 6.07) is 0.759. The van der Waals surface area contributed by atoms with Gasteiger partial charge in [-0.1, -0.05) is 13.8 Å². The molecule has 1 aliphatic heterocycles. The molecule has 0 aromatic rings.